The lowest BCUT2D eigenvalue weighted by molar-refractivity contribution is 1.05. The van der Waals surface area contributed by atoms with Crippen LogP contribution in [0.1, 0.15) is 0 Å². The fraction of sp³-hybridized carbons (Fsp3) is 0. The van der Waals surface area contributed by atoms with Crippen molar-refractivity contribution in [2.75, 3.05) is 0 Å². The SMILES string of the molecule is Brc1ccccc1-n1cnnc1-c1ccc(-c2ccccc2)nc1. The summed E-state index contributed by atoms with van der Waals surface area (Å²) in [5.41, 5.74) is 3.94. The molecule has 5 heteroatoms. The Hall–Kier alpha value is -2.79. The molecule has 0 saturated carbocycles. The molecule has 0 N–H and O–H groups in total. The third-order valence-electron chi connectivity index (χ3n) is 3.75. The second-order valence-corrected chi connectivity index (χ2v) is 6.13. The van der Waals surface area contributed by atoms with Gasteiger partial charge in [0.15, 0.2) is 5.82 Å². The van der Waals surface area contributed by atoms with Crippen LogP contribution in [0.2, 0.25) is 0 Å². The van der Waals surface area contributed by atoms with E-state index in [2.05, 4.69) is 31.1 Å². The maximum atomic E-state index is 4.57. The standard InChI is InChI=1S/C19H13BrN4/c20-16-8-4-5-9-18(16)24-13-22-23-19(24)15-10-11-17(21-12-15)14-6-2-1-3-7-14/h1-13H. The number of para-hydroxylation sites is 1. The van der Waals surface area contributed by atoms with E-state index in [0.29, 0.717) is 0 Å². The van der Waals surface area contributed by atoms with Crippen LogP contribution in [-0.4, -0.2) is 19.7 Å². The maximum absolute atomic E-state index is 4.57. The number of hydrogen-bond donors (Lipinski definition) is 0. The van der Waals surface area contributed by atoms with Crippen LogP contribution in [0.25, 0.3) is 28.3 Å². The number of benzene rings is 2. The minimum Gasteiger partial charge on any atom is -0.280 e. The lowest BCUT2D eigenvalue weighted by Gasteiger charge is -2.09. The van der Waals surface area contributed by atoms with Gasteiger partial charge in [0.2, 0.25) is 0 Å². The highest BCUT2D eigenvalue weighted by atomic mass is 79.9. The lowest BCUT2D eigenvalue weighted by atomic mass is 10.1. The Bertz CT molecular complexity index is 962. The molecule has 0 radical (unpaired) electrons. The van der Waals surface area contributed by atoms with Gasteiger partial charge in [-0.25, -0.2) is 0 Å². The van der Waals surface area contributed by atoms with Crippen molar-refractivity contribution < 1.29 is 0 Å². The summed E-state index contributed by atoms with van der Waals surface area (Å²) >= 11 is 3.57. The lowest BCUT2D eigenvalue weighted by Crippen LogP contribution is -1.97. The molecule has 0 aliphatic carbocycles. The Kier molecular flexibility index (Phi) is 3.92. The first-order valence-electron chi connectivity index (χ1n) is 7.50. The highest BCUT2D eigenvalue weighted by molar-refractivity contribution is 9.10. The molecule has 116 valence electrons. The van der Waals surface area contributed by atoms with Crippen LogP contribution in [0.3, 0.4) is 0 Å². The molecule has 2 aromatic carbocycles. The number of halogens is 1. The van der Waals surface area contributed by atoms with Gasteiger partial charge in [-0.05, 0) is 40.2 Å². The highest BCUT2D eigenvalue weighted by Crippen LogP contribution is 2.26. The molecule has 4 rings (SSSR count). The Morgan fingerprint density at radius 1 is 0.792 bits per heavy atom. The zero-order chi connectivity index (χ0) is 16.4. The molecule has 2 aromatic heterocycles. The van der Waals surface area contributed by atoms with Gasteiger partial charge >= 0.3 is 0 Å². The zero-order valence-electron chi connectivity index (χ0n) is 12.7. The van der Waals surface area contributed by atoms with Crippen LogP contribution >= 0.6 is 15.9 Å². The van der Waals surface area contributed by atoms with Crippen molar-refractivity contribution in [1.82, 2.24) is 19.7 Å². The molecule has 24 heavy (non-hydrogen) atoms. The van der Waals surface area contributed by atoms with Crippen molar-refractivity contribution >= 4 is 15.9 Å². The fourth-order valence-corrected chi connectivity index (χ4v) is 3.04. The largest absolute Gasteiger partial charge is 0.280 e. The molecule has 4 nitrogen and oxygen atoms in total. The van der Waals surface area contributed by atoms with Crippen LogP contribution < -0.4 is 0 Å². The summed E-state index contributed by atoms with van der Waals surface area (Å²) in [6, 6.07) is 22.1. The monoisotopic (exact) mass is 376 g/mol. The van der Waals surface area contributed by atoms with E-state index >= 15 is 0 Å². The van der Waals surface area contributed by atoms with Gasteiger partial charge in [-0.2, -0.15) is 0 Å². The third-order valence-corrected chi connectivity index (χ3v) is 4.42. The average Bonchev–Trinajstić information content (AvgIpc) is 3.12. The van der Waals surface area contributed by atoms with E-state index in [4.69, 9.17) is 0 Å². The number of hydrogen-bond acceptors (Lipinski definition) is 3. The normalized spacial score (nSPS) is 10.7. The summed E-state index contributed by atoms with van der Waals surface area (Å²) in [5.74, 6) is 0.758. The van der Waals surface area contributed by atoms with Gasteiger partial charge in [-0.15, -0.1) is 10.2 Å². The van der Waals surface area contributed by atoms with Crippen LogP contribution in [-0.2, 0) is 0 Å². The quantitative estimate of drug-likeness (QED) is 0.517. The Morgan fingerprint density at radius 3 is 2.33 bits per heavy atom. The van der Waals surface area contributed by atoms with Gasteiger partial charge in [0.05, 0.1) is 11.4 Å². The molecule has 0 aliphatic heterocycles. The maximum Gasteiger partial charge on any atom is 0.169 e. The Balaban J connectivity index is 1.74. The average molecular weight is 377 g/mol. The van der Waals surface area contributed by atoms with Crippen molar-refractivity contribution in [3.63, 3.8) is 0 Å². The van der Waals surface area contributed by atoms with Crippen molar-refractivity contribution in [3.8, 4) is 28.3 Å². The molecule has 0 fully saturated rings. The highest BCUT2D eigenvalue weighted by Gasteiger charge is 2.11. The van der Waals surface area contributed by atoms with Gasteiger partial charge in [0.25, 0.3) is 0 Å². The molecular weight excluding hydrogens is 364 g/mol. The zero-order valence-corrected chi connectivity index (χ0v) is 14.3. The van der Waals surface area contributed by atoms with Crippen molar-refractivity contribution in [1.29, 1.82) is 0 Å². The first-order chi connectivity index (χ1) is 11.8. The smallest absolute Gasteiger partial charge is 0.169 e. The predicted octanol–water partition coefficient (Wildman–Crippen LogP) is 4.76. The molecule has 0 amide bonds. The van der Waals surface area contributed by atoms with E-state index in [0.717, 1.165) is 32.8 Å². The van der Waals surface area contributed by atoms with Crippen molar-refractivity contribution in [2.24, 2.45) is 0 Å². The van der Waals surface area contributed by atoms with Crippen molar-refractivity contribution in [2.45, 2.75) is 0 Å². The summed E-state index contributed by atoms with van der Waals surface area (Å²) < 4.78 is 2.93. The molecule has 0 aliphatic rings. The molecule has 2 heterocycles. The van der Waals surface area contributed by atoms with Crippen LogP contribution in [0.5, 0.6) is 0 Å². The van der Waals surface area contributed by atoms with E-state index < -0.39 is 0 Å². The van der Waals surface area contributed by atoms with Gasteiger partial charge in [0.1, 0.15) is 6.33 Å². The van der Waals surface area contributed by atoms with E-state index in [1.807, 2.05) is 77.5 Å². The first kappa shape index (κ1) is 14.8. The van der Waals surface area contributed by atoms with Crippen LogP contribution in [0.4, 0.5) is 0 Å². The minimum atomic E-state index is 0.758. The summed E-state index contributed by atoms with van der Waals surface area (Å²) in [6.45, 7) is 0. The third kappa shape index (κ3) is 2.74. The number of nitrogens with zero attached hydrogens (tertiary/aromatic N) is 4. The van der Waals surface area contributed by atoms with E-state index in [9.17, 15) is 0 Å². The second kappa shape index (κ2) is 6.37. The molecule has 0 unspecified atom stereocenters. The second-order valence-electron chi connectivity index (χ2n) is 5.27. The molecule has 0 saturated heterocycles. The summed E-state index contributed by atoms with van der Waals surface area (Å²) in [5, 5.41) is 8.32. The van der Waals surface area contributed by atoms with Gasteiger partial charge in [-0.3, -0.25) is 9.55 Å². The van der Waals surface area contributed by atoms with Gasteiger partial charge in [-0.1, -0.05) is 42.5 Å². The van der Waals surface area contributed by atoms with E-state index in [1.54, 1.807) is 6.33 Å². The predicted molar refractivity (Wildman–Crippen MR) is 97.7 cm³/mol. The molecular formula is C19H13BrN4. The summed E-state index contributed by atoms with van der Waals surface area (Å²) in [6.07, 6.45) is 3.54. The van der Waals surface area contributed by atoms with E-state index in [1.165, 1.54) is 0 Å². The van der Waals surface area contributed by atoms with Crippen molar-refractivity contribution in [3.05, 3.63) is 83.7 Å². The first-order valence-corrected chi connectivity index (χ1v) is 8.29. The number of pyridine rings is 1. The van der Waals surface area contributed by atoms with E-state index in [-0.39, 0.29) is 0 Å². The fourth-order valence-electron chi connectivity index (χ4n) is 2.56. The Labute approximate surface area is 148 Å². The minimum absolute atomic E-state index is 0.758. The van der Waals surface area contributed by atoms with Crippen LogP contribution in [0, 0.1) is 0 Å². The molecule has 0 atom stereocenters. The number of rotatable bonds is 3. The summed E-state index contributed by atoms with van der Waals surface area (Å²) in [4.78, 5) is 4.57. The van der Waals surface area contributed by atoms with Gasteiger partial charge in [0, 0.05) is 21.8 Å². The molecule has 0 bridgehead atoms. The van der Waals surface area contributed by atoms with Crippen LogP contribution in [0.15, 0.2) is 83.7 Å². The summed E-state index contributed by atoms with van der Waals surface area (Å²) in [7, 11) is 0. The topological polar surface area (TPSA) is 43.6 Å². The molecule has 4 aromatic rings. The van der Waals surface area contributed by atoms with Gasteiger partial charge < -0.3 is 0 Å². The number of aromatic nitrogens is 4. The Morgan fingerprint density at radius 2 is 1.58 bits per heavy atom. The molecule has 0 spiro atoms.